The second kappa shape index (κ2) is 8.95. The maximum Gasteiger partial charge on any atom is 0.299 e. The Kier molecular flexibility index (Phi) is 11.3. The highest BCUT2D eigenvalue weighted by atomic mass is 32.2. The van der Waals surface area contributed by atoms with E-state index in [1.807, 2.05) is 0 Å². The van der Waals surface area contributed by atoms with Crippen LogP contribution in [0, 0.1) is 0 Å². The number of aliphatic hydroxyl groups is 3. The van der Waals surface area contributed by atoms with Crippen molar-refractivity contribution in [2.45, 2.75) is 6.10 Å². The molecule has 0 unspecified atom stereocenters. The second-order valence-electron chi connectivity index (χ2n) is 1.25. The number of hydrogen-bond acceptors (Lipinski definition) is 4. The van der Waals surface area contributed by atoms with E-state index in [0.717, 1.165) is 0 Å². The van der Waals surface area contributed by atoms with E-state index in [-0.39, 0.29) is 13.2 Å². The highest BCUT2D eigenvalue weighted by molar-refractivity contribution is 7.73. The number of rotatable bonds is 2. The van der Waals surface area contributed by atoms with Crippen LogP contribution in [0.3, 0.4) is 0 Å². The third-order valence-electron chi connectivity index (χ3n) is 0.421. The van der Waals surface area contributed by atoms with Crippen LogP contribution in [0.5, 0.6) is 0 Å². The Morgan fingerprint density at radius 1 is 1.20 bits per heavy atom. The molecule has 0 saturated heterocycles. The lowest BCUT2D eigenvalue weighted by atomic mass is 10.4. The zero-order chi connectivity index (χ0) is 8.57. The minimum Gasteiger partial charge on any atom is -0.394 e. The zero-order valence-electron chi connectivity index (χ0n) is 5.04. The highest BCUT2D eigenvalue weighted by Crippen LogP contribution is 1.71. The molecule has 0 heterocycles. The van der Waals surface area contributed by atoms with Gasteiger partial charge in [0.05, 0.1) is 13.2 Å². The van der Waals surface area contributed by atoms with Gasteiger partial charge in [0.15, 0.2) is 0 Å². The van der Waals surface area contributed by atoms with Crippen molar-refractivity contribution in [3.63, 3.8) is 0 Å². The predicted molar refractivity (Wildman–Crippen MR) is 33.6 cm³/mol. The molecule has 0 aromatic carbocycles. The van der Waals surface area contributed by atoms with Crippen LogP contribution < -0.4 is 0 Å². The van der Waals surface area contributed by atoms with E-state index in [2.05, 4.69) is 0 Å². The van der Waals surface area contributed by atoms with Gasteiger partial charge in [-0.05, 0) is 0 Å². The summed E-state index contributed by atoms with van der Waals surface area (Å²) in [6.07, 6.45) is -0.954. The molecule has 0 radical (unpaired) electrons. The summed E-state index contributed by atoms with van der Waals surface area (Å²) in [5, 5.41) is 24.0. The van der Waals surface area contributed by atoms with Crippen LogP contribution in [0.15, 0.2) is 0 Å². The van der Waals surface area contributed by atoms with Gasteiger partial charge in [0.25, 0.3) is 11.4 Å². The summed E-state index contributed by atoms with van der Waals surface area (Å²) in [7, 11) is 0. The van der Waals surface area contributed by atoms with E-state index < -0.39 is 17.5 Å². The first-order chi connectivity index (χ1) is 4.54. The molecule has 10 heavy (non-hydrogen) atoms. The third-order valence-corrected chi connectivity index (χ3v) is 0.421. The van der Waals surface area contributed by atoms with Crippen LogP contribution in [0.2, 0.25) is 0 Å². The molecule has 0 amide bonds. The van der Waals surface area contributed by atoms with Gasteiger partial charge in [0.1, 0.15) is 6.10 Å². The van der Waals surface area contributed by atoms with E-state index in [1.165, 1.54) is 0 Å². The van der Waals surface area contributed by atoms with Gasteiger partial charge in [-0.25, -0.2) is 0 Å². The highest BCUT2D eigenvalue weighted by Gasteiger charge is 1.93. The smallest absolute Gasteiger partial charge is 0.299 e. The Hall–Kier alpha value is -0.0500. The monoisotopic (exact) mass is 174 g/mol. The fraction of sp³-hybridized carbons (Fsp3) is 1.00. The predicted octanol–water partition coefficient (Wildman–Crippen LogP) is -1.99. The van der Waals surface area contributed by atoms with Crippen molar-refractivity contribution in [1.29, 1.82) is 0 Å². The van der Waals surface area contributed by atoms with Crippen molar-refractivity contribution >= 4 is 11.4 Å². The van der Waals surface area contributed by atoms with Crippen LogP contribution in [-0.4, -0.2) is 48.0 Å². The molecule has 0 aliphatic heterocycles. The lowest BCUT2D eigenvalue weighted by molar-refractivity contribution is 0.0450. The van der Waals surface area contributed by atoms with Crippen LogP contribution in [0.4, 0.5) is 0 Å². The van der Waals surface area contributed by atoms with Crippen molar-refractivity contribution in [2.75, 3.05) is 13.2 Å². The van der Waals surface area contributed by atoms with E-state index >= 15 is 0 Å². The van der Waals surface area contributed by atoms with Crippen LogP contribution in [0.25, 0.3) is 0 Å². The SMILES string of the molecule is O=S(O)O.OCC(O)CO. The maximum atomic E-state index is 8.67. The first-order valence-electron chi connectivity index (χ1n) is 2.24. The Balaban J connectivity index is 0. The fourth-order valence-electron chi connectivity index (χ4n) is 0.0577. The van der Waals surface area contributed by atoms with Gasteiger partial charge >= 0.3 is 0 Å². The molecule has 0 rings (SSSR count). The van der Waals surface area contributed by atoms with E-state index in [9.17, 15) is 0 Å². The minimum atomic E-state index is -2.61. The number of aliphatic hydroxyl groups excluding tert-OH is 3. The van der Waals surface area contributed by atoms with Crippen molar-refractivity contribution < 1.29 is 28.6 Å². The van der Waals surface area contributed by atoms with Gasteiger partial charge in [0, 0.05) is 0 Å². The zero-order valence-corrected chi connectivity index (χ0v) is 5.86. The molecule has 7 heteroatoms. The minimum absolute atomic E-state index is 0.365. The lowest BCUT2D eigenvalue weighted by Crippen LogP contribution is -2.15. The molecule has 0 aliphatic rings. The molecule has 0 spiro atoms. The van der Waals surface area contributed by atoms with Gasteiger partial charge in [-0.3, -0.25) is 9.11 Å². The Bertz CT molecular complexity index is 77.1. The first-order valence-corrected chi connectivity index (χ1v) is 3.30. The first kappa shape index (κ1) is 12.6. The largest absolute Gasteiger partial charge is 0.394 e. The van der Waals surface area contributed by atoms with Gasteiger partial charge < -0.3 is 15.3 Å². The van der Waals surface area contributed by atoms with E-state index in [0.29, 0.717) is 0 Å². The molecular formula is C3H10O6S. The molecule has 5 N–H and O–H groups in total. The maximum absolute atomic E-state index is 8.67. The van der Waals surface area contributed by atoms with Crippen molar-refractivity contribution in [3.8, 4) is 0 Å². The number of hydrogen-bond donors (Lipinski definition) is 5. The summed E-state index contributed by atoms with van der Waals surface area (Å²) >= 11 is -2.61. The molecule has 0 saturated carbocycles. The molecule has 0 fully saturated rings. The molecular weight excluding hydrogens is 164 g/mol. The van der Waals surface area contributed by atoms with Crippen LogP contribution >= 0.6 is 0 Å². The molecule has 0 atom stereocenters. The summed E-state index contributed by atoms with van der Waals surface area (Å²) in [6.45, 7) is -0.729. The normalized spacial score (nSPS) is 9.50. The lowest BCUT2D eigenvalue weighted by Gasteiger charge is -1.96. The second-order valence-corrected chi connectivity index (χ2v) is 1.71. The third kappa shape index (κ3) is 24.6. The molecule has 6 nitrogen and oxygen atoms in total. The summed E-state index contributed by atoms with van der Waals surface area (Å²) in [5.41, 5.74) is 0. The Morgan fingerprint density at radius 2 is 1.40 bits per heavy atom. The van der Waals surface area contributed by atoms with Gasteiger partial charge in [-0.1, -0.05) is 0 Å². The standard InChI is InChI=1S/C3H8O3.H2O3S/c4-1-3(6)2-5;1-4(2)3/h3-6H,1-2H2;(H2,1,2,3). The molecule has 64 valence electrons. The van der Waals surface area contributed by atoms with E-state index in [4.69, 9.17) is 28.6 Å². The summed E-state index contributed by atoms with van der Waals surface area (Å²) in [5.74, 6) is 0. The quantitative estimate of drug-likeness (QED) is 0.309. The molecule has 0 aromatic rings. The fourth-order valence-corrected chi connectivity index (χ4v) is 0.0577. The van der Waals surface area contributed by atoms with Crippen molar-refractivity contribution in [1.82, 2.24) is 0 Å². The Morgan fingerprint density at radius 3 is 1.40 bits per heavy atom. The summed E-state index contributed by atoms with van der Waals surface area (Å²) < 4.78 is 22.8. The molecule has 0 bridgehead atoms. The topological polar surface area (TPSA) is 118 Å². The van der Waals surface area contributed by atoms with E-state index in [1.54, 1.807) is 0 Å². The summed E-state index contributed by atoms with van der Waals surface area (Å²) in [4.78, 5) is 0. The summed E-state index contributed by atoms with van der Waals surface area (Å²) in [6, 6.07) is 0. The average molecular weight is 174 g/mol. The Labute approximate surface area is 60.2 Å². The average Bonchev–Trinajstić information content (AvgIpc) is 1.85. The van der Waals surface area contributed by atoms with Gasteiger partial charge in [0.2, 0.25) is 0 Å². The van der Waals surface area contributed by atoms with Gasteiger partial charge in [-0.15, -0.1) is 0 Å². The van der Waals surface area contributed by atoms with Crippen LogP contribution in [-0.2, 0) is 11.4 Å². The molecule has 0 aromatic heterocycles. The molecule has 0 aliphatic carbocycles. The van der Waals surface area contributed by atoms with Crippen LogP contribution in [0.1, 0.15) is 0 Å². The van der Waals surface area contributed by atoms with Gasteiger partial charge in [-0.2, -0.15) is 4.21 Å². The van der Waals surface area contributed by atoms with Crippen molar-refractivity contribution in [3.05, 3.63) is 0 Å². The van der Waals surface area contributed by atoms with Crippen molar-refractivity contribution in [2.24, 2.45) is 0 Å².